The molecule has 0 aliphatic heterocycles. The standard InChI is InChI=1S/C15H16O6/c1-9(6-14(16)17)12(15(18)19)7-10-4-5-11(20-2)8-13(10)21-3/h4-8H,1-3H3,(H,16,17)(H,18,19). The van der Waals surface area contributed by atoms with Gasteiger partial charge in [0.15, 0.2) is 0 Å². The molecule has 0 amide bonds. The number of carboxylic acids is 2. The first kappa shape index (κ1) is 16.3. The molecule has 2 N–H and O–H groups in total. The topological polar surface area (TPSA) is 93.1 Å². The van der Waals surface area contributed by atoms with Crippen molar-refractivity contribution in [2.24, 2.45) is 0 Å². The fraction of sp³-hybridized carbons (Fsp3) is 0.200. The molecule has 0 aliphatic carbocycles. The summed E-state index contributed by atoms with van der Waals surface area (Å²) >= 11 is 0. The normalized spacial score (nSPS) is 12.0. The zero-order valence-electron chi connectivity index (χ0n) is 11.9. The highest BCUT2D eigenvalue weighted by Crippen LogP contribution is 2.27. The monoisotopic (exact) mass is 292 g/mol. The van der Waals surface area contributed by atoms with E-state index in [1.54, 1.807) is 18.2 Å². The molecule has 1 aromatic carbocycles. The largest absolute Gasteiger partial charge is 0.497 e. The zero-order valence-corrected chi connectivity index (χ0v) is 11.9. The molecule has 0 saturated heterocycles. The Kier molecular flexibility index (Phi) is 5.54. The van der Waals surface area contributed by atoms with E-state index in [-0.39, 0.29) is 11.1 Å². The van der Waals surface area contributed by atoms with Gasteiger partial charge in [0, 0.05) is 17.7 Å². The van der Waals surface area contributed by atoms with E-state index in [4.69, 9.17) is 14.6 Å². The van der Waals surface area contributed by atoms with Crippen LogP contribution in [0.4, 0.5) is 0 Å². The number of hydrogen-bond acceptors (Lipinski definition) is 4. The molecule has 0 saturated carbocycles. The first-order valence-corrected chi connectivity index (χ1v) is 5.97. The van der Waals surface area contributed by atoms with Crippen LogP contribution in [0, 0.1) is 0 Å². The lowest BCUT2D eigenvalue weighted by Gasteiger charge is -2.09. The summed E-state index contributed by atoms with van der Waals surface area (Å²) < 4.78 is 10.2. The van der Waals surface area contributed by atoms with Crippen molar-refractivity contribution < 1.29 is 29.3 Å². The molecule has 0 fully saturated rings. The quantitative estimate of drug-likeness (QED) is 0.616. The molecular weight excluding hydrogens is 276 g/mol. The zero-order chi connectivity index (χ0) is 16.0. The van der Waals surface area contributed by atoms with Crippen LogP contribution in [0.2, 0.25) is 0 Å². The van der Waals surface area contributed by atoms with E-state index in [1.165, 1.54) is 27.2 Å². The molecule has 0 atom stereocenters. The van der Waals surface area contributed by atoms with Gasteiger partial charge in [0.05, 0.1) is 19.8 Å². The molecule has 0 aromatic heterocycles. The molecule has 0 unspecified atom stereocenters. The molecule has 6 heteroatoms. The van der Waals surface area contributed by atoms with Crippen molar-refractivity contribution in [3.05, 3.63) is 41.0 Å². The van der Waals surface area contributed by atoms with Crippen LogP contribution in [0.3, 0.4) is 0 Å². The van der Waals surface area contributed by atoms with Crippen molar-refractivity contribution in [3.63, 3.8) is 0 Å². The van der Waals surface area contributed by atoms with Gasteiger partial charge in [0.25, 0.3) is 0 Å². The third-order valence-electron chi connectivity index (χ3n) is 2.74. The van der Waals surface area contributed by atoms with Crippen molar-refractivity contribution in [3.8, 4) is 11.5 Å². The van der Waals surface area contributed by atoms with Gasteiger partial charge < -0.3 is 19.7 Å². The minimum atomic E-state index is -1.22. The molecular formula is C15H16O6. The molecule has 0 radical (unpaired) electrons. The maximum absolute atomic E-state index is 11.3. The van der Waals surface area contributed by atoms with E-state index in [9.17, 15) is 14.7 Å². The van der Waals surface area contributed by atoms with Gasteiger partial charge in [0.2, 0.25) is 0 Å². The van der Waals surface area contributed by atoms with E-state index in [0.29, 0.717) is 17.1 Å². The summed E-state index contributed by atoms with van der Waals surface area (Å²) in [5.74, 6) is -1.43. The highest BCUT2D eigenvalue weighted by Gasteiger charge is 2.13. The molecule has 0 bridgehead atoms. The second-order valence-electron chi connectivity index (χ2n) is 4.14. The molecule has 1 aromatic rings. The summed E-state index contributed by atoms with van der Waals surface area (Å²) in [6.07, 6.45) is 2.20. The predicted molar refractivity (Wildman–Crippen MR) is 76.6 cm³/mol. The Morgan fingerprint density at radius 3 is 2.29 bits per heavy atom. The second-order valence-corrected chi connectivity index (χ2v) is 4.14. The number of hydrogen-bond donors (Lipinski definition) is 2. The predicted octanol–water partition coefficient (Wildman–Crippen LogP) is 2.20. The number of carboxylic acid groups (broad SMARTS) is 2. The lowest BCUT2D eigenvalue weighted by Crippen LogP contribution is -2.04. The summed E-state index contributed by atoms with van der Waals surface area (Å²) in [4.78, 5) is 21.9. The van der Waals surface area contributed by atoms with Gasteiger partial charge in [-0.05, 0) is 30.7 Å². The van der Waals surface area contributed by atoms with Gasteiger partial charge in [-0.25, -0.2) is 9.59 Å². The Morgan fingerprint density at radius 2 is 1.81 bits per heavy atom. The number of methoxy groups -OCH3 is 2. The Hall–Kier alpha value is -2.76. The molecule has 1 rings (SSSR count). The minimum absolute atomic E-state index is 0.124. The van der Waals surface area contributed by atoms with Crippen molar-refractivity contribution >= 4 is 18.0 Å². The highest BCUT2D eigenvalue weighted by molar-refractivity contribution is 5.99. The van der Waals surface area contributed by atoms with E-state index < -0.39 is 11.9 Å². The summed E-state index contributed by atoms with van der Waals surface area (Å²) in [6.45, 7) is 1.42. The van der Waals surface area contributed by atoms with E-state index in [0.717, 1.165) is 6.08 Å². The second kappa shape index (κ2) is 7.14. The highest BCUT2D eigenvalue weighted by atomic mass is 16.5. The summed E-state index contributed by atoms with van der Waals surface area (Å²) in [7, 11) is 2.96. The number of ether oxygens (including phenoxy) is 2. The van der Waals surface area contributed by atoms with Crippen LogP contribution >= 0.6 is 0 Å². The first-order chi connectivity index (χ1) is 9.88. The minimum Gasteiger partial charge on any atom is -0.497 e. The van der Waals surface area contributed by atoms with Crippen LogP contribution in [-0.2, 0) is 9.59 Å². The molecule has 112 valence electrons. The van der Waals surface area contributed by atoms with Crippen molar-refractivity contribution in [1.82, 2.24) is 0 Å². The third-order valence-corrected chi connectivity index (χ3v) is 2.74. The maximum atomic E-state index is 11.3. The van der Waals surface area contributed by atoms with Gasteiger partial charge in [-0.2, -0.15) is 0 Å². The number of benzene rings is 1. The fourth-order valence-corrected chi connectivity index (χ4v) is 1.70. The average molecular weight is 292 g/mol. The first-order valence-electron chi connectivity index (χ1n) is 5.97. The van der Waals surface area contributed by atoms with Crippen molar-refractivity contribution in [2.75, 3.05) is 14.2 Å². The van der Waals surface area contributed by atoms with Crippen LogP contribution < -0.4 is 9.47 Å². The summed E-state index contributed by atoms with van der Waals surface area (Å²) in [6, 6.07) is 4.90. The van der Waals surface area contributed by atoms with Gasteiger partial charge in [-0.3, -0.25) is 0 Å². The Labute approximate surface area is 121 Å². The van der Waals surface area contributed by atoms with Crippen molar-refractivity contribution in [2.45, 2.75) is 6.92 Å². The summed E-state index contributed by atoms with van der Waals surface area (Å²) in [5.41, 5.74) is 0.516. The van der Waals surface area contributed by atoms with Gasteiger partial charge in [-0.15, -0.1) is 0 Å². The van der Waals surface area contributed by atoms with Crippen LogP contribution in [0.15, 0.2) is 35.4 Å². The third kappa shape index (κ3) is 4.38. The van der Waals surface area contributed by atoms with Gasteiger partial charge >= 0.3 is 11.9 Å². The molecule has 21 heavy (non-hydrogen) atoms. The Morgan fingerprint density at radius 1 is 1.14 bits per heavy atom. The summed E-state index contributed by atoms with van der Waals surface area (Å²) in [5, 5.41) is 17.9. The Balaban J connectivity index is 3.35. The van der Waals surface area contributed by atoms with Crippen molar-refractivity contribution in [1.29, 1.82) is 0 Å². The average Bonchev–Trinajstić information content (AvgIpc) is 2.43. The Bertz CT molecular complexity index is 613. The van der Waals surface area contributed by atoms with Crippen LogP contribution in [-0.4, -0.2) is 36.4 Å². The number of aliphatic carboxylic acids is 2. The SMILES string of the molecule is COc1ccc(C=C(C(=O)O)C(C)=CC(=O)O)c(OC)c1. The molecule has 6 nitrogen and oxygen atoms in total. The lowest BCUT2D eigenvalue weighted by molar-refractivity contribution is -0.132. The number of carbonyl (C=O) groups is 2. The smallest absolute Gasteiger partial charge is 0.335 e. The lowest BCUT2D eigenvalue weighted by atomic mass is 10.0. The molecule has 0 heterocycles. The van der Waals surface area contributed by atoms with Gasteiger partial charge in [-0.1, -0.05) is 0 Å². The van der Waals surface area contributed by atoms with Gasteiger partial charge in [0.1, 0.15) is 11.5 Å². The molecule has 0 aliphatic rings. The van der Waals surface area contributed by atoms with E-state index in [1.807, 2.05) is 0 Å². The maximum Gasteiger partial charge on any atom is 0.335 e. The van der Waals surface area contributed by atoms with E-state index >= 15 is 0 Å². The molecule has 0 spiro atoms. The van der Waals surface area contributed by atoms with Crippen LogP contribution in [0.1, 0.15) is 12.5 Å². The van der Waals surface area contributed by atoms with Crippen LogP contribution in [0.5, 0.6) is 11.5 Å². The fourth-order valence-electron chi connectivity index (χ4n) is 1.70. The van der Waals surface area contributed by atoms with E-state index in [2.05, 4.69) is 0 Å². The van der Waals surface area contributed by atoms with Crippen LogP contribution in [0.25, 0.3) is 6.08 Å². The number of rotatable bonds is 6.